The lowest BCUT2D eigenvalue weighted by Crippen LogP contribution is -2.28. The summed E-state index contributed by atoms with van der Waals surface area (Å²) in [7, 11) is 4.47. The third-order valence-electron chi connectivity index (χ3n) is 5.47. The first-order chi connectivity index (χ1) is 17.8. The maximum atomic E-state index is 13.6. The molecule has 0 aliphatic rings. The first kappa shape index (κ1) is 28.9. The summed E-state index contributed by atoms with van der Waals surface area (Å²) in [4.78, 5) is 17.6. The van der Waals surface area contributed by atoms with Crippen LogP contribution in [-0.4, -0.2) is 42.8 Å². The fourth-order valence-electron chi connectivity index (χ4n) is 3.55. The summed E-state index contributed by atoms with van der Waals surface area (Å²) in [5, 5.41) is 11.4. The second-order valence-corrected chi connectivity index (χ2v) is 9.19. The predicted octanol–water partition coefficient (Wildman–Crippen LogP) is 6.31. The number of allylic oxidation sites excluding steroid dienone is 1. The number of hydrogen-bond donors (Lipinski definition) is 2. The Balaban J connectivity index is 2.18. The number of phenols is 1. The SMILES string of the molecule is CN=C(/C=C(\N)C(=O)N(C)C)c1ccc(OCc2ccc(Cl)cc2)c(-c2ccc(Cl)c(C(F)(F)F)c2)c1O. The van der Waals surface area contributed by atoms with E-state index in [4.69, 9.17) is 33.7 Å². The third kappa shape index (κ3) is 6.59. The molecule has 0 unspecified atom stereocenters. The highest BCUT2D eigenvalue weighted by Gasteiger charge is 2.34. The van der Waals surface area contributed by atoms with Crippen LogP contribution in [0.5, 0.6) is 11.5 Å². The fourth-order valence-corrected chi connectivity index (χ4v) is 3.90. The Kier molecular flexibility index (Phi) is 8.96. The van der Waals surface area contributed by atoms with Gasteiger partial charge in [-0.3, -0.25) is 9.79 Å². The van der Waals surface area contributed by atoms with Gasteiger partial charge in [-0.2, -0.15) is 13.2 Å². The van der Waals surface area contributed by atoms with Crippen molar-refractivity contribution in [3.8, 4) is 22.6 Å². The predicted molar refractivity (Wildman–Crippen MR) is 143 cm³/mol. The first-order valence-corrected chi connectivity index (χ1v) is 11.8. The van der Waals surface area contributed by atoms with E-state index in [2.05, 4.69) is 4.99 Å². The van der Waals surface area contributed by atoms with Gasteiger partial charge in [0.05, 0.1) is 27.6 Å². The van der Waals surface area contributed by atoms with Crippen LogP contribution < -0.4 is 10.5 Å². The molecule has 0 fully saturated rings. The normalized spacial score (nSPS) is 12.4. The number of aromatic hydroxyl groups is 1. The number of aliphatic imine (C=N–C) groups is 1. The van der Waals surface area contributed by atoms with Crippen LogP contribution in [0.4, 0.5) is 13.2 Å². The van der Waals surface area contributed by atoms with Crippen LogP contribution in [0.3, 0.4) is 0 Å². The van der Waals surface area contributed by atoms with Gasteiger partial charge in [-0.1, -0.05) is 41.4 Å². The van der Waals surface area contributed by atoms with Crippen LogP contribution in [0.15, 0.2) is 71.4 Å². The van der Waals surface area contributed by atoms with Crippen molar-refractivity contribution < 1.29 is 27.8 Å². The molecule has 3 aromatic rings. The minimum Gasteiger partial charge on any atom is -0.506 e. The van der Waals surface area contributed by atoms with Gasteiger partial charge in [-0.25, -0.2) is 0 Å². The molecule has 0 saturated heterocycles. The van der Waals surface area contributed by atoms with Crippen LogP contribution in [0, 0.1) is 0 Å². The van der Waals surface area contributed by atoms with Crippen LogP contribution in [0.25, 0.3) is 11.1 Å². The number of nitrogens with zero attached hydrogens (tertiary/aromatic N) is 2. The van der Waals surface area contributed by atoms with E-state index in [1.165, 1.54) is 50.3 Å². The van der Waals surface area contributed by atoms with Gasteiger partial charge in [0.1, 0.15) is 18.1 Å². The van der Waals surface area contributed by atoms with E-state index < -0.39 is 28.4 Å². The zero-order chi connectivity index (χ0) is 28.2. The smallest absolute Gasteiger partial charge is 0.417 e. The van der Waals surface area contributed by atoms with Crippen molar-refractivity contribution in [3.63, 3.8) is 0 Å². The lowest BCUT2D eigenvalue weighted by molar-refractivity contribution is -0.137. The molecule has 11 heteroatoms. The zero-order valence-corrected chi connectivity index (χ0v) is 22.1. The van der Waals surface area contributed by atoms with Crippen LogP contribution in [0.2, 0.25) is 10.0 Å². The van der Waals surface area contributed by atoms with Crippen molar-refractivity contribution in [2.75, 3.05) is 21.1 Å². The number of carbonyl (C=O) groups is 1. The van der Waals surface area contributed by atoms with Gasteiger partial charge < -0.3 is 20.5 Å². The molecular weight excluding hydrogens is 542 g/mol. The Hall–Kier alpha value is -3.69. The molecule has 3 aromatic carbocycles. The van der Waals surface area contributed by atoms with Gasteiger partial charge in [0, 0.05) is 31.7 Å². The second-order valence-electron chi connectivity index (χ2n) is 8.35. The molecule has 0 aliphatic heterocycles. The molecule has 6 nitrogen and oxygen atoms in total. The van der Waals surface area contributed by atoms with Crippen LogP contribution >= 0.6 is 23.2 Å². The summed E-state index contributed by atoms with van der Waals surface area (Å²) in [5.74, 6) is -0.800. The monoisotopic (exact) mass is 565 g/mol. The van der Waals surface area contributed by atoms with E-state index in [1.54, 1.807) is 24.3 Å². The number of ether oxygens (including phenoxy) is 1. The molecule has 3 N–H and O–H groups in total. The average molecular weight is 566 g/mol. The Morgan fingerprint density at radius 2 is 1.76 bits per heavy atom. The summed E-state index contributed by atoms with van der Waals surface area (Å²) < 4.78 is 46.8. The molecule has 1 amide bonds. The number of carbonyl (C=O) groups excluding carboxylic acids is 1. The zero-order valence-electron chi connectivity index (χ0n) is 20.6. The number of hydrogen-bond acceptors (Lipinski definition) is 5. The minimum atomic E-state index is -4.73. The van der Waals surface area contributed by atoms with E-state index >= 15 is 0 Å². The van der Waals surface area contributed by atoms with Gasteiger partial charge >= 0.3 is 6.18 Å². The van der Waals surface area contributed by atoms with E-state index in [-0.39, 0.29) is 40.5 Å². The lowest BCUT2D eigenvalue weighted by atomic mass is 9.96. The van der Waals surface area contributed by atoms with Crippen molar-refractivity contribution in [2.24, 2.45) is 10.7 Å². The number of amides is 1. The number of alkyl halides is 3. The molecule has 0 bridgehead atoms. The molecule has 3 rings (SSSR count). The highest BCUT2D eigenvalue weighted by Crippen LogP contribution is 2.44. The average Bonchev–Trinajstić information content (AvgIpc) is 2.86. The molecule has 0 saturated carbocycles. The summed E-state index contributed by atoms with van der Waals surface area (Å²) in [6.07, 6.45) is -3.46. The standard InChI is InChI=1S/C27H24Cl2F3N3O3/c1-34-22(13-21(33)26(37)35(2)3)18-9-11-23(38-14-15-4-7-17(28)8-5-15)24(25(18)36)16-6-10-20(29)19(12-16)27(30,31)32/h4-13,36H,14,33H2,1-3H3/b21-13-,34-22?. The van der Waals surface area contributed by atoms with Gasteiger partial charge in [0.25, 0.3) is 5.91 Å². The quantitative estimate of drug-likeness (QED) is 0.259. The number of halogens is 5. The summed E-state index contributed by atoms with van der Waals surface area (Å²) in [5.41, 5.74) is 5.66. The lowest BCUT2D eigenvalue weighted by Gasteiger charge is -2.18. The number of rotatable bonds is 7. The molecule has 0 heterocycles. The van der Waals surface area contributed by atoms with Gasteiger partial charge in [0.15, 0.2) is 0 Å². The Morgan fingerprint density at radius 1 is 1.11 bits per heavy atom. The topological polar surface area (TPSA) is 88.2 Å². The number of benzene rings is 3. The van der Waals surface area contributed by atoms with E-state index in [1.807, 2.05) is 0 Å². The molecule has 38 heavy (non-hydrogen) atoms. The molecule has 0 aromatic heterocycles. The Labute approximate surface area is 227 Å². The maximum Gasteiger partial charge on any atom is 0.417 e. The third-order valence-corrected chi connectivity index (χ3v) is 6.05. The largest absolute Gasteiger partial charge is 0.506 e. The number of likely N-dealkylation sites (N-methyl/N-ethyl adjacent to an activating group) is 1. The number of phenolic OH excluding ortho intramolecular Hbond substituents is 1. The number of nitrogens with two attached hydrogens (primary N) is 1. The van der Waals surface area contributed by atoms with Crippen molar-refractivity contribution in [3.05, 3.63) is 93.1 Å². The van der Waals surface area contributed by atoms with Gasteiger partial charge in [-0.15, -0.1) is 0 Å². The molecular formula is C27H24Cl2F3N3O3. The summed E-state index contributed by atoms with van der Waals surface area (Å²) >= 11 is 11.7. The van der Waals surface area contributed by atoms with Crippen molar-refractivity contribution in [2.45, 2.75) is 12.8 Å². The van der Waals surface area contributed by atoms with E-state index in [0.29, 0.717) is 5.02 Å². The maximum absolute atomic E-state index is 13.6. The van der Waals surface area contributed by atoms with E-state index in [9.17, 15) is 23.1 Å². The molecule has 0 atom stereocenters. The minimum absolute atomic E-state index is 0.00366. The van der Waals surface area contributed by atoms with E-state index in [0.717, 1.165) is 17.7 Å². The van der Waals surface area contributed by atoms with Gasteiger partial charge in [-0.05, 0) is 53.6 Å². The fraction of sp³-hybridized carbons (Fsp3) is 0.185. The Bertz CT molecular complexity index is 1400. The molecule has 0 aliphatic carbocycles. The summed E-state index contributed by atoms with van der Waals surface area (Å²) in [6.45, 7) is 0.0432. The van der Waals surface area contributed by atoms with Crippen molar-refractivity contribution >= 4 is 34.8 Å². The molecule has 0 radical (unpaired) electrons. The highest BCUT2D eigenvalue weighted by atomic mass is 35.5. The highest BCUT2D eigenvalue weighted by molar-refractivity contribution is 6.31. The Morgan fingerprint density at radius 3 is 2.34 bits per heavy atom. The van der Waals surface area contributed by atoms with Crippen molar-refractivity contribution in [1.29, 1.82) is 0 Å². The second kappa shape index (κ2) is 11.8. The van der Waals surface area contributed by atoms with Crippen LogP contribution in [0.1, 0.15) is 16.7 Å². The summed E-state index contributed by atoms with van der Waals surface area (Å²) in [6, 6.07) is 13.0. The van der Waals surface area contributed by atoms with Crippen molar-refractivity contribution in [1.82, 2.24) is 4.90 Å². The first-order valence-electron chi connectivity index (χ1n) is 11.1. The van der Waals surface area contributed by atoms with Crippen LogP contribution in [-0.2, 0) is 17.6 Å². The molecule has 200 valence electrons. The molecule has 0 spiro atoms. The van der Waals surface area contributed by atoms with Gasteiger partial charge in [0.2, 0.25) is 0 Å².